The summed E-state index contributed by atoms with van der Waals surface area (Å²) in [6, 6.07) is 8.15. The van der Waals surface area contributed by atoms with Crippen LogP contribution in [0.1, 0.15) is 61.6 Å². The SMILES string of the molecule is COC(=O)[C@@H]1CC(OC(=O)c2ccccc2Cl)C(=O)[C@H]2[C@@]1(C)CC[C@H]1C(=O)O[C@H](c3ccoc3)C[C@]21C. The molecule has 196 valence electrons. The van der Waals surface area contributed by atoms with Crippen LogP contribution in [-0.2, 0) is 28.6 Å². The number of ketones is 1. The number of carbonyl (C=O) groups is 4. The van der Waals surface area contributed by atoms with Crippen LogP contribution < -0.4 is 0 Å². The number of benzene rings is 1. The van der Waals surface area contributed by atoms with Gasteiger partial charge in [-0.3, -0.25) is 14.4 Å². The third-order valence-corrected chi connectivity index (χ3v) is 9.18. The van der Waals surface area contributed by atoms with Gasteiger partial charge in [0.1, 0.15) is 6.10 Å². The molecule has 3 fully saturated rings. The topological polar surface area (TPSA) is 109 Å². The first-order chi connectivity index (χ1) is 17.6. The summed E-state index contributed by atoms with van der Waals surface area (Å²) in [4.78, 5) is 53.5. The summed E-state index contributed by atoms with van der Waals surface area (Å²) in [5, 5.41) is 0.202. The quantitative estimate of drug-likeness (QED) is 0.405. The highest BCUT2D eigenvalue weighted by atomic mass is 35.5. The Morgan fingerprint density at radius 3 is 2.54 bits per heavy atom. The number of furan rings is 1. The summed E-state index contributed by atoms with van der Waals surface area (Å²) in [6.07, 6.45) is 2.56. The molecule has 0 N–H and O–H groups in total. The second-order valence-electron chi connectivity index (χ2n) is 10.8. The fourth-order valence-corrected chi connectivity index (χ4v) is 7.30. The molecule has 7 atom stereocenters. The number of Topliss-reactive ketones (excluding diaryl/α,β-unsaturated/α-hetero) is 1. The van der Waals surface area contributed by atoms with E-state index >= 15 is 0 Å². The predicted octanol–water partition coefficient (Wildman–Crippen LogP) is 4.95. The van der Waals surface area contributed by atoms with Gasteiger partial charge in [-0.2, -0.15) is 0 Å². The lowest BCUT2D eigenvalue weighted by molar-refractivity contribution is -0.208. The average Bonchev–Trinajstić information content (AvgIpc) is 3.40. The monoisotopic (exact) mass is 528 g/mol. The van der Waals surface area contributed by atoms with Crippen LogP contribution in [0.4, 0.5) is 0 Å². The minimum atomic E-state index is -1.19. The first-order valence-electron chi connectivity index (χ1n) is 12.4. The maximum Gasteiger partial charge on any atom is 0.340 e. The lowest BCUT2D eigenvalue weighted by atomic mass is 9.43. The van der Waals surface area contributed by atoms with Gasteiger partial charge in [0, 0.05) is 17.9 Å². The highest BCUT2D eigenvalue weighted by Crippen LogP contribution is 2.65. The van der Waals surface area contributed by atoms with Crippen LogP contribution in [0.3, 0.4) is 0 Å². The lowest BCUT2D eigenvalue weighted by Crippen LogP contribution is -2.64. The van der Waals surface area contributed by atoms with Crippen molar-refractivity contribution >= 4 is 35.3 Å². The van der Waals surface area contributed by atoms with Gasteiger partial charge in [0.05, 0.1) is 42.1 Å². The van der Waals surface area contributed by atoms with E-state index < -0.39 is 52.7 Å². The molecule has 3 aliphatic rings. The number of cyclic esters (lactones) is 1. The largest absolute Gasteiger partial charge is 0.472 e. The number of carbonyl (C=O) groups excluding carboxylic acids is 4. The minimum absolute atomic E-state index is 0.00501. The summed E-state index contributed by atoms with van der Waals surface area (Å²) in [5.74, 6) is -3.86. The van der Waals surface area contributed by atoms with E-state index in [0.29, 0.717) is 24.8 Å². The van der Waals surface area contributed by atoms with Crippen LogP contribution in [-0.4, -0.2) is 36.9 Å². The Hall–Kier alpha value is -3.13. The van der Waals surface area contributed by atoms with Gasteiger partial charge >= 0.3 is 17.9 Å². The molecular formula is C28H29ClO8. The molecule has 1 unspecified atom stereocenters. The molecule has 1 saturated heterocycles. The van der Waals surface area contributed by atoms with E-state index in [1.54, 1.807) is 24.3 Å². The lowest BCUT2D eigenvalue weighted by Gasteiger charge is -2.61. The van der Waals surface area contributed by atoms with Gasteiger partial charge in [-0.25, -0.2) is 4.79 Å². The first kappa shape index (κ1) is 25.5. The second kappa shape index (κ2) is 9.31. The van der Waals surface area contributed by atoms with Crippen molar-refractivity contribution in [2.24, 2.45) is 28.6 Å². The summed E-state index contributed by atoms with van der Waals surface area (Å²) < 4.78 is 21.9. The van der Waals surface area contributed by atoms with Crippen molar-refractivity contribution in [2.75, 3.05) is 7.11 Å². The zero-order valence-corrected chi connectivity index (χ0v) is 21.7. The van der Waals surface area contributed by atoms with Crippen molar-refractivity contribution < 1.29 is 37.8 Å². The minimum Gasteiger partial charge on any atom is -0.472 e. The van der Waals surface area contributed by atoms with Crippen molar-refractivity contribution in [3.8, 4) is 0 Å². The molecule has 0 amide bonds. The summed E-state index contributed by atoms with van der Waals surface area (Å²) in [6.45, 7) is 3.83. The van der Waals surface area contributed by atoms with Gasteiger partial charge < -0.3 is 18.6 Å². The van der Waals surface area contributed by atoms with E-state index in [2.05, 4.69) is 0 Å². The van der Waals surface area contributed by atoms with Crippen LogP contribution in [0.5, 0.6) is 0 Å². The molecule has 0 spiro atoms. The van der Waals surface area contributed by atoms with Crippen LogP contribution in [0.15, 0.2) is 47.3 Å². The molecule has 1 aromatic heterocycles. The Morgan fingerprint density at radius 2 is 1.86 bits per heavy atom. The van der Waals surface area contributed by atoms with Crippen molar-refractivity contribution in [3.05, 3.63) is 59.0 Å². The van der Waals surface area contributed by atoms with E-state index in [1.807, 2.05) is 13.8 Å². The average molecular weight is 529 g/mol. The van der Waals surface area contributed by atoms with Gasteiger partial charge in [0.25, 0.3) is 0 Å². The Bertz CT molecular complexity index is 1240. The number of hydrogen-bond acceptors (Lipinski definition) is 8. The van der Waals surface area contributed by atoms with Crippen LogP contribution in [0, 0.1) is 28.6 Å². The van der Waals surface area contributed by atoms with E-state index in [9.17, 15) is 19.2 Å². The van der Waals surface area contributed by atoms with Crippen molar-refractivity contribution in [1.82, 2.24) is 0 Å². The standard InChI is InChI=1S/C28H29ClO8/c1-27-10-8-17-26(33)37-21(15-9-11-35-14-15)13-28(17,2)23(27)22(30)20(12-18(27)25(32)34-3)36-24(31)16-6-4-5-7-19(16)29/h4-7,9,11,14,17-18,20-21,23H,8,10,12-13H2,1-3H3/t17-,18-,20?,21-,23-,27-,28-/m0/s1. The molecule has 8 nitrogen and oxygen atoms in total. The number of ether oxygens (including phenoxy) is 3. The first-order valence-corrected chi connectivity index (χ1v) is 12.8. The van der Waals surface area contributed by atoms with Gasteiger partial charge in [-0.1, -0.05) is 37.6 Å². The zero-order chi connectivity index (χ0) is 26.5. The van der Waals surface area contributed by atoms with Crippen LogP contribution in [0.25, 0.3) is 0 Å². The van der Waals surface area contributed by atoms with E-state index in [0.717, 1.165) is 0 Å². The van der Waals surface area contributed by atoms with E-state index in [4.69, 9.17) is 30.2 Å². The number of fused-ring (bicyclic) bond motifs is 3. The second-order valence-corrected chi connectivity index (χ2v) is 11.2. The van der Waals surface area contributed by atoms with E-state index in [1.165, 1.54) is 25.7 Å². The fraction of sp³-hybridized carbons (Fsp3) is 0.500. The fourth-order valence-electron chi connectivity index (χ4n) is 7.08. The molecular weight excluding hydrogens is 500 g/mol. The van der Waals surface area contributed by atoms with Gasteiger partial charge in [0.15, 0.2) is 11.9 Å². The third kappa shape index (κ3) is 4.06. The Labute approximate surface area is 219 Å². The third-order valence-electron chi connectivity index (χ3n) is 8.85. The predicted molar refractivity (Wildman–Crippen MR) is 130 cm³/mol. The molecule has 2 saturated carbocycles. The smallest absolute Gasteiger partial charge is 0.340 e. The molecule has 9 heteroatoms. The van der Waals surface area contributed by atoms with E-state index in [-0.39, 0.29) is 28.8 Å². The molecule has 0 bridgehead atoms. The Morgan fingerprint density at radius 1 is 1.11 bits per heavy atom. The summed E-state index contributed by atoms with van der Waals surface area (Å²) >= 11 is 6.18. The molecule has 2 aliphatic carbocycles. The normalized spacial score (nSPS) is 35.1. The molecule has 37 heavy (non-hydrogen) atoms. The molecule has 1 aromatic carbocycles. The number of halogens is 1. The summed E-state index contributed by atoms with van der Waals surface area (Å²) in [7, 11) is 1.31. The van der Waals surface area contributed by atoms with Crippen molar-refractivity contribution in [2.45, 2.75) is 51.7 Å². The molecule has 1 aliphatic heterocycles. The highest BCUT2D eigenvalue weighted by Gasteiger charge is 2.67. The molecule has 2 heterocycles. The number of hydrogen-bond donors (Lipinski definition) is 0. The number of rotatable bonds is 4. The summed E-state index contributed by atoms with van der Waals surface area (Å²) in [5.41, 5.74) is -0.798. The van der Waals surface area contributed by atoms with Crippen LogP contribution in [0.2, 0.25) is 5.02 Å². The van der Waals surface area contributed by atoms with Gasteiger partial charge in [-0.15, -0.1) is 0 Å². The number of esters is 3. The number of methoxy groups -OCH3 is 1. The Balaban J connectivity index is 1.54. The maximum atomic E-state index is 14.2. The van der Waals surface area contributed by atoms with Gasteiger partial charge in [0.2, 0.25) is 0 Å². The van der Waals surface area contributed by atoms with Gasteiger partial charge in [-0.05, 0) is 48.3 Å². The maximum absolute atomic E-state index is 14.2. The zero-order valence-electron chi connectivity index (χ0n) is 20.9. The van der Waals surface area contributed by atoms with Crippen molar-refractivity contribution in [3.63, 3.8) is 0 Å². The molecule has 5 rings (SSSR count). The highest BCUT2D eigenvalue weighted by molar-refractivity contribution is 6.33. The van der Waals surface area contributed by atoms with Crippen LogP contribution >= 0.6 is 11.6 Å². The molecule has 0 radical (unpaired) electrons. The molecule has 2 aromatic rings. The van der Waals surface area contributed by atoms with Crippen molar-refractivity contribution in [1.29, 1.82) is 0 Å². The Kier molecular flexibility index (Phi) is 6.42.